The fourth-order valence-corrected chi connectivity index (χ4v) is 6.46. The van der Waals surface area contributed by atoms with Crippen molar-refractivity contribution in [3.8, 4) is 10.6 Å². The zero-order valence-corrected chi connectivity index (χ0v) is 28.9. The number of aryl methyl sites for hydroxylation is 1. The smallest absolute Gasteiger partial charge is 0.417 e. The predicted molar refractivity (Wildman–Crippen MR) is 170 cm³/mol. The quantitative estimate of drug-likeness (QED) is 0.0557. The molecule has 0 saturated heterocycles. The summed E-state index contributed by atoms with van der Waals surface area (Å²) < 4.78 is 58.7. The number of aromatic nitrogens is 2. The number of thiophene rings is 1. The van der Waals surface area contributed by atoms with Crippen molar-refractivity contribution in [2.45, 2.75) is 66.5 Å². The van der Waals surface area contributed by atoms with Gasteiger partial charge in [0, 0.05) is 59.9 Å². The van der Waals surface area contributed by atoms with Crippen molar-refractivity contribution in [3.05, 3.63) is 83.5 Å². The molecule has 0 spiro atoms. The van der Waals surface area contributed by atoms with Crippen LogP contribution >= 0.6 is 11.3 Å². The molecule has 0 aliphatic carbocycles. The van der Waals surface area contributed by atoms with Crippen LogP contribution in [0.15, 0.2) is 60.4 Å². The standard InChI is InChI=1S/C22H11F4N2S.C13H24O2.Ir/c1-11-17-18(20(23)14-8-4-3-7-13(14)19(17)22(24,25)26)21(28-27-11)16-10-12-6-2-5-9-15(12)29-16;1-5-10(6-2)12(14)9-13(15)11(7-3)8-4;/h2-9H,1H3;9-11,14H,5-8H2,1-4H3;/q-1;;/b;12-9-;. The zero-order chi connectivity index (χ0) is 32.2. The second-order valence-electron chi connectivity index (χ2n) is 10.7. The number of hydrogen-bond donors (Lipinski definition) is 1. The summed E-state index contributed by atoms with van der Waals surface area (Å²) >= 11 is 1.29. The number of carbonyl (C=O) groups excluding carboxylic acids is 1. The van der Waals surface area contributed by atoms with E-state index in [1.807, 2.05) is 52.0 Å². The van der Waals surface area contributed by atoms with Gasteiger partial charge in [0.25, 0.3) is 0 Å². The van der Waals surface area contributed by atoms with Gasteiger partial charge in [-0.1, -0.05) is 64.1 Å². The summed E-state index contributed by atoms with van der Waals surface area (Å²) in [6.07, 6.45) is 0.226. The number of benzene rings is 3. The van der Waals surface area contributed by atoms with E-state index in [1.165, 1.54) is 48.6 Å². The Morgan fingerprint density at radius 1 is 0.911 bits per heavy atom. The van der Waals surface area contributed by atoms with Crippen LogP contribution in [0.2, 0.25) is 0 Å². The average Bonchev–Trinajstić information content (AvgIpc) is 3.43. The topological polar surface area (TPSA) is 63.1 Å². The van der Waals surface area contributed by atoms with Crippen LogP contribution in [0.4, 0.5) is 17.6 Å². The third kappa shape index (κ3) is 7.62. The first kappa shape index (κ1) is 36.3. The average molecular weight is 816 g/mol. The SMILES string of the molecule is CCC(CC)C(=O)/C=C(\O)C(CC)CC.Cc1nnc(-c2[c-]c3ccccc3s2)c2c(F)c3ccccc3c(C(F)(F)F)c12.[Ir]. The molecule has 0 bridgehead atoms. The predicted octanol–water partition coefficient (Wildman–Crippen LogP) is 10.8. The molecule has 1 N–H and O–H groups in total. The van der Waals surface area contributed by atoms with Crippen LogP contribution in [0.25, 0.3) is 42.2 Å². The molecular formula is C35H35F4IrN2O2S-. The van der Waals surface area contributed by atoms with Crippen molar-refractivity contribution in [1.82, 2.24) is 10.2 Å². The number of rotatable bonds is 8. The Bertz CT molecular complexity index is 1790. The van der Waals surface area contributed by atoms with Gasteiger partial charge in [0.05, 0.1) is 17.0 Å². The Balaban J connectivity index is 0.000000297. The second-order valence-corrected chi connectivity index (χ2v) is 11.7. The van der Waals surface area contributed by atoms with E-state index in [0.717, 1.165) is 35.8 Å². The van der Waals surface area contributed by atoms with E-state index in [9.17, 15) is 23.1 Å². The molecule has 4 nitrogen and oxygen atoms in total. The largest absolute Gasteiger partial charge is 0.512 e. The van der Waals surface area contributed by atoms with Gasteiger partial charge in [0.15, 0.2) is 5.78 Å². The van der Waals surface area contributed by atoms with E-state index in [0.29, 0.717) is 4.88 Å². The van der Waals surface area contributed by atoms with Gasteiger partial charge in [-0.3, -0.25) is 4.79 Å². The molecule has 0 aliphatic rings. The van der Waals surface area contributed by atoms with Crippen molar-refractivity contribution in [2.24, 2.45) is 11.8 Å². The molecule has 2 heterocycles. The van der Waals surface area contributed by atoms with Gasteiger partial charge >= 0.3 is 6.18 Å². The maximum Gasteiger partial charge on any atom is 0.417 e. The summed E-state index contributed by atoms with van der Waals surface area (Å²) in [5.41, 5.74) is -0.790. The van der Waals surface area contributed by atoms with Crippen molar-refractivity contribution in [1.29, 1.82) is 0 Å². The number of fused-ring (bicyclic) bond motifs is 3. The Morgan fingerprint density at radius 2 is 1.49 bits per heavy atom. The molecule has 45 heavy (non-hydrogen) atoms. The molecule has 0 saturated carbocycles. The molecule has 241 valence electrons. The number of aliphatic hydroxyl groups is 1. The second kappa shape index (κ2) is 15.4. The van der Waals surface area contributed by atoms with E-state index >= 15 is 4.39 Å². The summed E-state index contributed by atoms with van der Waals surface area (Å²) in [7, 11) is 0. The van der Waals surface area contributed by atoms with Crippen LogP contribution in [-0.2, 0) is 31.1 Å². The van der Waals surface area contributed by atoms with Crippen molar-refractivity contribution in [3.63, 3.8) is 0 Å². The molecule has 1 radical (unpaired) electrons. The Kier molecular flexibility index (Phi) is 12.4. The first-order chi connectivity index (χ1) is 21.0. The van der Waals surface area contributed by atoms with Crippen LogP contribution in [-0.4, -0.2) is 21.1 Å². The number of hydrogen-bond acceptors (Lipinski definition) is 5. The number of carbonyl (C=O) groups is 1. The normalized spacial score (nSPS) is 12.1. The minimum Gasteiger partial charge on any atom is -0.512 e. The number of ketones is 1. The Labute approximate surface area is 277 Å². The van der Waals surface area contributed by atoms with Crippen LogP contribution in [0.5, 0.6) is 0 Å². The maximum atomic E-state index is 15.6. The molecular weight excluding hydrogens is 781 g/mol. The summed E-state index contributed by atoms with van der Waals surface area (Å²) in [5, 5.41) is 17.9. The van der Waals surface area contributed by atoms with Crippen molar-refractivity contribution >= 4 is 48.8 Å². The molecule has 0 atom stereocenters. The van der Waals surface area contributed by atoms with Gasteiger partial charge in [0.1, 0.15) is 5.82 Å². The molecule has 3 aromatic carbocycles. The number of aliphatic hydroxyl groups excluding tert-OH is 1. The molecule has 0 unspecified atom stereocenters. The van der Waals surface area contributed by atoms with Gasteiger partial charge in [-0.15, -0.1) is 23.6 Å². The molecule has 2 aromatic heterocycles. The van der Waals surface area contributed by atoms with E-state index in [1.54, 1.807) is 0 Å². The Morgan fingerprint density at radius 3 is 2.07 bits per heavy atom. The zero-order valence-electron chi connectivity index (χ0n) is 25.7. The van der Waals surface area contributed by atoms with E-state index in [4.69, 9.17) is 0 Å². The third-order valence-corrected chi connectivity index (χ3v) is 9.05. The number of alkyl halides is 3. The summed E-state index contributed by atoms with van der Waals surface area (Å²) in [6, 6.07) is 16.1. The van der Waals surface area contributed by atoms with Crippen molar-refractivity contribution < 1.29 is 47.6 Å². The fraction of sp³-hybridized carbons (Fsp3) is 0.343. The summed E-state index contributed by atoms with van der Waals surface area (Å²) in [6.45, 7) is 9.49. The summed E-state index contributed by atoms with van der Waals surface area (Å²) in [5.74, 6) is -0.186. The van der Waals surface area contributed by atoms with E-state index < -0.39 is 17.6 Å². The molecule has 10 heteroatoms. The first-order valence-electron chi connectivity index (χ1n) is 14.8. The van der Waals surface area contributed by atoms with Crippen molar-refractivity contribution in [2.75, 3.05) is 0 Å². The minimum absolute atomic E-state index is 0. The van der Waals surface area contributed by atoms with E-state index in [2.05, 4.69) is 16.3 Å². The van der Waals surface area contributed by atoms with Crippen LogP contribution in [0.1, 0.15) is 64.6 Å². The van der Waals surface area contributed by atoms with E-state index in [-0.39, 0.29) is 76.4 Å². The van der Waals surface area contributed by atoms with Gasteiger partial charge in [-0.05, 0) is 47.6 Å². The third-order valence-electron chi connectivity index (χ3n) is 7.98. The van der Waals surface area contributed by atoms with Gasteiger partial charge in [-0.2, -0.15) is 23.4 Å². The molecule has 5 rings (SSSR count). The number of nitrogens with zero attached hydrogens (tertiary/aromatic N) is 2. The monoisotopic (exact) mass is 816 g/mol. The summed E-state index contributed by atoms with van der Waals surface area (Å²) in [4.78, 5) is 12.2. The first-order valence-corrected chi connectivity index (χ1v) is 15.6. The van der Waals surface area contributed by atoms with Gasteiger partial charge < -0.3 is 5.11 Å². The van der Waals surface area contributed by atoms with Gasteiger partial charge in [0.2, 0.25) is 0 Å². The minimum atomic E-state index is -4.68. The van der Waals surface area contributed by atoms with Crippen LogP contribution in [0, 0.1) is 30.6 Å². The molecule has 5 aromatic rings. The molecule has 0 amide bonds. The number of halogens is 4. The van der Waals surface area contributed by atoms with Gasteiger partial charge in [-0.25, -0.2) is 15.7 Å². The van der Waals surface area contributed by atoms with Crippen LogP contribution in [0.3, 0.4) is 0 Å². The molecule has 0 aliphatic heterocycles. The Hall–Kier alpha value is -3.20. The fourth-order valence-electron chi connectivity index (χ4n) is 5.46. The van der Waals surface area contributed by atoms with Crippen LogP contribution < -0.4 is 0 Å². The number of allylic oxidation sites excluding steroid dienone is 2. The maximum absolute atomic E-state index is 15.6. The molecule has 0 fully saturated rings.